The van der Waals surface area contributed by atoms with Gasteiger partial charge < -0.3 is 0 Å². The number of allylic oxidation sites excluding steroid dienone is 1. The third-order valence-corrected chi connectivity index (χ3v) is 2.33. The SMILES string of the molecule is C=C(C[n+]1ccccc1)c1ccccc1.F[P-](F)(F)(F)(F)F. The molecule has 0 bridgehead atoms. The molecule has 0 unspecified atom stereocenters. The number of hydrogen-bond donors (Lipinski definition) is 0. The molecule has 122 valence electrons. The topological polar surface area (TPSA) is 3.88 Å². The van der Waals surface area contributed by atoms with E-state index in [-0.39, 0.29) is 0 Å². The second-order valence-electron chi connectivity index (χ2n) is 4.48. The first-order valence-corrected chi connectivity index (χ1v) is 8.08. The first-order chi connectivity index (χ1) is 9.81. The van der Waals surface area contributed by atoms with Gasteiger partial charge in [0.1, 0.15) is 0 Å². The molecule has 0 amide bonds. The summed E-state index contributed by atoms with van der Waals surface area (Å²) in [6.45, 7) is 4.94. The Morgan fingerprint density at radius 1 is 0.818 bits per heavy atom. The van der Waals surface area contributed by atoms with Crippen LogP contribution in [0.3, 0.4) is 0 Å². The Bertz CT molecular complexity index is 611. The number of nitrogens with zero attached hydrogens (tertiary/aromatic N) is 1. The van der Waals surface area contributed by atoms with E-state index in [1.165, 1.54) is 5.56 Å². The van der Waals surface area contributed by atoms with E-state index in [0.29, 0.717) is 0 Å². The van der Waals surface area contributed by atoms with Crippen LogP contribution < -0.4 is 4.57 Å². The summed E-state index contributed by atoms with van der Waals surface area (Å²) in [4.78, 5) is 0. The average Bonchev–Trinajstić information content (AvgIpc) is 2.37. The van der Waals surface area contributed by atoms with Gasteiger partial charge in [0, 0.05) is 17.7 Å². The summed E-state index contributed by atoms with van der Waals surface area (Å²) in [6.07, 6.45) is 4.10. The number of hydrogen-bond acceptors (Lipinski definition) is 0. The molecule has 0 saturated heterocycles. The van der Waals surface area contributed by atoms with Crippen molar-refractivity contribution in [2.24, 2.45) is 0 Å². The number of pyridine rings is 1. The van der Waals surface area contributed by atoms with Crippen LogP contribution in [0.4, 0.5) is 25.2 Å². The second kappa shape index (κ2) is 5.72. The fourth-order valence-corrected chi connectivity index (χ4v) is 1.53. The van der Waals surface area contributed by atoms with Crippen molar-refractivity contribution in [1.29, 1.82) is 0 Å². The molecule has 1 nitrogen and oxygen atoms in total. The van der Waals surface area contributed by atoms with E-state index < -0.39 is 7.81 Å². The standard InChI is InChI=1S/C14H14N.F6P/c1-13(14-8-4-2-5-9-14)12-15-10-6-3-7-11-15;1-7(2,3,4,5)6/h2-11H,1,12H2;/q+1;-1. The van der Waals surface area contributed by atoms with Gasteiger partial charge in [-0.05, 0) is 5.56 Å². The number of rotatable bonds is 3. The van der Waals surface area contributed by atoms with Crippen molar-refractivity contribution in [1.82, 2.24) is 0 Å². The number of benzene rings is 1. The van der Waals surface area contributed by atoms with Crippen molar-refractivity contribution >= 4 is 13.4 Å². The van der Waals surface area contributed by atoms with Gasteiger partial charge in [0.05, 0.1) is 0 Å². The summed E-state index contributed by atoms with van der Waals surface area (Å²) >= 11 is 0. The fraction of sp³-hybridized carbons (Fsp3) is 0.0714. The van der Waals surface area contributed by atoms with Gasteiger partial charge in [-0.3, -0.25) is 0 Å². The molecule has 0 aliphatic heterocycles. The van der Waals surface area contributed by atoms with Crippen molar-refractivity contribution in [3.05, 3.63) is 73.1 Å². The molecule has 0 N–H and O–H groups in total. The van der Waals surface area contributed by atoms with Crippen LogP contribution in [0.15, 0.2) is 67.5 Å². The molecule has 0 aliphatic carbocycles. The van der Waals surface area contributed by atoms with Crippen molar-refractivity contribution in [3.63, 3.8) is 0 Å². The maximum atomic E-state index is 9.87. The van der Waals surface area contributed by atoms with Crippen LogP contribution in [-0.4, -0.2) is 0 Å². The Morgan fingerprint density at radius 3 is 1.68 bits per heavy atom. The molecule has 1 heterocycles. The molecule has 1 aromatic heterocycles. The van der Waals surface area contributed by atoms with Gasteiger partial charge in [-0.1, -0.05) is 43.0 Å². The Balaban J connectivity index is 0.000000295. The van der Waals surface area contributed by atoms with Gasteiger partial charge in [0.15, 0.2) is 18.9 Å². The van der Waals surface area contributed by atoms with Crippen LogP contribution in [-0.2, 0) is 6.54 Å². The van der Waals surface area contributed by atoms with Crippen molar-refractivity contribution in [2.75, 3.05) is 0 Å². The van der Waals surface area contributed by atoms with Crippen LogP contribution in [0.1, 0.15) is 5.56 Å². The first-order valence-electron chi connectivity index (χ1n) is 6.05. The number of aromatic nitrogens is 1. The summed E-state index contributed by atoms with van der Waals surface area (Å²) < 4.78 is 61.3. The minimum atomic E-state index is -10.7. The quantitative estimate of drug-likeness (QED) is 0.362. The van der Waals surface area contributed by atoms with Crippen molar-refractivity contribution < 1.29 is 29.7 Å². The van der Waals surface area contributed by atoms with E-state index in [1.54, 1.807) is 0 Å². The van der Waals surface area contributed by atoms with Crippen LogP contribution in [0.5, 0.6) is 0 Å². The summed E-state index contributed by atoms with van der Waals surface area (Å²) in [5.41, 5.74) is 2.33. The van der Waals surface area contributed by atoms with Gasteiger partial charge in [-0.2, -0.15) is 0 Å². The third kappa shape index (κ3) is 10.9. The van der Waals surface area contributed by atoms with Crippen molar-refractivity contribution in [2.45, 2.75) is 6.54 Å². The molecule has 22 heavy (non-hydrogen) atoms. The average molecular weight is 341 g/mol. The van der Waals surface area contributed by atoms with Gasteiger partial charge >= 0.3 is 33.0 Å². The van der Waals surface area contributed by atoms with Crippen LogP contribution in [0.25, 0.3) is 5.57 Å². The predicted octanol–water partition coefficient (Wildman–Crippen LogP) is 6.07. The Labute approximate surface area is 123 Å². The van der Waals surface area contributed by atoms with Gasteiger partial charge in [0.2, 0.25) is 0 Å². The summed E-state index contributed by atoms with van der Waals surface area (Å²) in [6, 6.07) is 16.3. The maximum absolute atomic E-state index is 10.7. The molecule has 1 aromatic carbocycles. The van der Waals surface area contributed by atoms with E-state index in [0.717, 1.165) is 12.1 Å². The van der Waals surface area contributed by atoms with E-state index in [1.807, 2.05) is 48.8 Å². The van der Waals surface area contributed by atoms with Gasteiger partial charge in [0.25, 0.3) is 0 Å². The Morgan fingerprint density at radius 2 is 1.23 bits per heavy atom. The van der Waals surface area contributed by atoms with Crippen LogP contribution in [0.2, 0.25) is 0 Å². The van der Waals surface area contributed by atoms with E-state index in [4.69, 9.17) is 0 Å². The summed E-state index contributed by atoms with van der Waals surface area (Å²) in [5.74, 6) is 0. The second-order valence-corrected chi connectivity index (χ2v) is 6.39. The Hall–Kier alpha value is -1.88. The third-order valence-electron chi connectivity index (χ3n) is 2.33. The zero-order chi connectivity index (χ0) is 16.9. The molecule has 8 heteroatoms. The zero-order valence-electron chi connectivity index (χ0n) is 11.3. The molecule has 0 aliphatic rings. The molecule has 2 aromatic rings. The molecule has 0 fully saturated rings. The fourth-order valence-electron chi connectivity index (χ4n) is 1.53. The van der Waals surface area contributed by atoms with Crippen LogP contribution >= 0.6 is 7.81 Å². The van der Waals surface area contributed by atoms with Gasteiger partial charge in [-0.25, -0.2) is 4.57 Å². The van der Waals surface area contributed by atoms with Crippen LogP contribution in [0, 0.1) is 0 Å². The summed E-state index contributed by atoms with van der Waals surface area (Å²) in [5, 5.41) is 0. The molecular formula is C14H14F6NP. The predicted molar refractivity (Wildman–Crippen MR) is 75.7 cm³/mol. The minimum absolute atomic E-state index is 0.838. The van der Waals surface area contributed by atoms with Crippen molar-refractivity contribution in [3.8, 4) is 0 Å². The van der Waals surface area contributed by atoms with E-state index >= 15 is 0 Å². The molecule has 2 rings (SSSR count). The molecule has 0 saturated carbocycles. The van der Waals surface area contributed by atoms with Gasteiger partial charge in [-0.15, -0.1) is 0 Å². The summed E-state index contributed by atoms with van der Waals surface area (Å²) in [7, 11) is -10.7. The van der Waals surface area contributed by atoms with E-state index in [9.17, 15) is 25.2 Å². The van der Waals surface area contributed by atoms with E-state index in [2.05, 4.69) is 23.3 Å². The molecular weight excluding hydrogens is 327 g/mol. The Kier molecular flexibility index (Phi) is 4.73. The number of halogens is 6. The molecule has 0 radical (unpaired) electrons. The molecule has 0 atom stereocenters. The zero-order valence-corrected chi connectivity index (χ0v) is 12.2. The molecule has 0 spiro atoms. The monoisotopic (exact) mass is 341 g/mol. The normalized spacial score (nSPS) is 14.1. The first kappa shape index (κ1) is 18.2.